The molecule has 1 amide bonds. The number of esters is 2. The average Bonchev–Trinajstić information content (AvgIpc) is 2.95. The van der Waals surface area contributed by atoms with E-state index in [0.717, 1.165) is 62.5 Å². The van der Waals surface area contributed by atoms with Gasteiger partial charge in [-0.1, -0.05) is 75.6 Å². The Kier molecular flexibility index (Phi) is 16.4. The van der Waals surface area contributed by atoms with Gasteiger partial charge in [-0.3, -0.25) is 14.4 Å². The summed E-state index contributed by atoms with van der Waals surface area (Å²) in [7, 11) is 0. The topological polar surface area (TPSA) is 108 Å². The molecule has 222 valence electrons. The van der Waals surface area contributed by atoms with Crippen LogP contribution >= 0.6 is 17.0 Å². The largest absolute Gasteiger partial charge is 0.466 e. The first-order valence-electron chi connectivity index (χ1n) is 14.0. The van der Waals surface area contributed by atoms with Crippen LogP contribution < -0.4 is 11.1 Å². The predicted molar refractivity (Wildman–Crippen MR) is 165 cm³/mol. The van der Waals surface area contributed by atoms with E-state index in [1.807, 2.05) is 68.4 Å². The van der Waals surface area contributed by atoms with Gasteiger partial charge in [0, 0.05) is 17.6 Å². The van der Waals surface area contributed by atoms with Crippen molar-refractivity contribution in [3.8, 4) is 11.1 Å². The minimum absolute atomic E-state index is 0. The summed E-state index contributed by atoms with van der Waals surface area (Å²) < 4.78 is 10.1. The SMILES string of the molecule is Br.C.CCOC(=O)[C@@H]1CCCC[C@@H]1N.CCOC(=O)[C@@H]1CCCC[C@@H]1NC(=O)c1ccc(-c2ccccc2)cc1. The zero-order valence-corrected chi connectivity index (χ0v) is 24.8. The highest BCUT2D eigenvalue weighted by Gasteiger charge is 2.33. The predicted octanol–water partition coefficient (Wildman–Crippen LogP) is 6.49. The van der Waals surface area contributed by atoms with E-state index in [0.29, 0.717) is 18.8 Å². The summed E-state index contributed by atoms with van der Waals surface area (Å²) in [5.74, 6) is -0.720. The smallest absolute Gasteiger partial charge is 0.311 e. The third kappa shape index (κ3) is 10.4. The average molecular weight is 620 g/mol. The molecule has 4 rings (SSSR count). The summed E-state index contributed by atoms with van der Waals surface area (Å²) in [6.45, 7) is 4.47. The van der Waals surface area contributed by atoms with Crippen LogP contribution in [-0.2, 0) is 19.1 Å². The zero-order chi connectivity index (χ0) is 27.3. The van der Waals surface area contributed by atoms with E-state index in [9.17, 15) is 14.4 Å². The van der Waals surface area contributed by atoms with Gasteiger partial charge in [0.25, 0.3) is 5.91 Å². The summed E-state index contributed by atoms with van der Waals surface area (Å²) in [6, 6.07) is 17.5. The molecule has 0 unspecified atom stereocenters. The molecule has 0 heterocycles. The Hall–Kier alpha value is -2.71. The lowest BCUT2D eigenvalue weighted by atomic mass is 9.84. The monoisotopic (exact) mass is 618 g/mol. The fourth-order valence-corrected chi connectivity index (χ4v) is 5.23. The van der Waals surface area contributed by atoms with Crippen molar-refractivity contribution < 1.29 is 23.9 Å². The van der Waals surface area contributed by atoms with Crippen LogP contribution in [-0.4, -0.2) is 43.1 Å². The molecular formula is C32H47BrN2O5. The lowest BCUT2D eigenvalue weighted by Crippen LogP contribution is -2.45. The third-order valence-electron chi connectivity index (χ3n) is 7.33. The molecule has 8 heteroatoms. The number of amides is 1. The Labute approximate surface area is 250 Å². The van der Waals surface area contributed by atoms with Crippen LogP contribution in [0.3, 0.4) is 0 Å². The van der Waals surface area contributed by atoms with Crippen LogP contribution in [0.2, 0.25) is 0 Å². The summed E-state index contributed by atoms with van der Waals surface area (Å²) in [5, 5.41) is 3.04. The molecule has 2 saturated carbocycles. The summed E-state index contributed by atoms with van der Waals surface area (Å²) in [5.41, 5.74) is 8.61. The molecule has 0 radical (unpaired) electrons. The number of nitrogens with one attached hydrogen (secondary N) is 1. The quantitative estimate of drug-likeness (QED) is 0.344. The minimum atomic E-state index is -0.240. The van der Waals surface area contributed by atoms with Crippen molar-refractivity contribution in [1.82, 2.24) is 5.32 Å². The Morgan fingerprint density at radius 3 is 1.82 bits per heavy atom. The fraction of sp³-hybridized carbons (Fsp3) is 0.531. The van der Waals surface area contributed by atoms with Gasteiger partial charge >= 0.3 is 11.9 Å². The Morgan fingerprint density at radius 1 is 0.750 bits per heavy atom. The molecule has 0 spiro atoms. The van der Waals surface area contributed by atoms with Gasteiger partial charge in [0.15, 0.2) is 0 Å². The van der Waals surface area contributed by atoms with E-state index < -0.39 is 0 Å². The summed E-state index contributed by atoms with van der Waals surface area (Å²) in [6.07, 6.45) is 7.74. The van der Waals surface area contributed by atoms with Crippen LogP contribution in [0.15, 0.2) is 54.6 Å². The molecule has 4 atom stereocenters. The maximum atomic E-state index is 12.6. The first-order chi connectivity index (χ1) is 18.4. The molecule has 2 fully saturated rings. The van der Waals surface area contributed by atoms with Crippen molar-refractivity contribution in [3.63, 3.8) is 0 Å². The standard InChI is InChI=1S/C22H25NO3.C9H17NO2.CH4.BrH/c1-2-26-22(25)19-10-6-7-11-20(19)23-21(24)18-14-12-17(13-15-18)16-8-4-3-5-9-16;1-2-12-9(11)7-5-3-4-6-8(7)10;;/h3-5,8-9,12-15,19-20H,2,6-7,10-11H2,1H3,(H,23,24);7-8H,2-6,10H2,1H3;1H4;1H/t19-,20+;7-,8+;;/m11../s1. The fourth-order valence-electron chi connectivity index (χ4n) is 5.23. The van der Waals surface area contributed by atoms with Crippen molar-refractivity contribution >= 4 is 34.8 Å². The van der Waals surface area contributed by atoms with Crippen LogP contribution in [0.5, 0.6) is 0 Å². The van der Waals surface area contributed by atoms with Crippen LogP contribution in [0.1, 0.15) is 83.0 Å². The molecule has 2 aromatic rings. The van der Waals surface area contributed by atoms with Crippen molar-refractivity contribution in [3.05, 3.63) is 60.2 Å². The lowest BCUT2D eigenvalue weighted by Gasteiger charge is -2.30. The molecule has 0 aromatic heterocycles. The zero-order valence-electron chi connectivity index (χ0n) is 23.1. The molecule has 2 aliphatic rings. The molecule has 0 aliphatic heterocycles. The van der Waals surface area contributed by atoms with E-state index in [1.165, 1.54) is 0 Å². The molecule has 40 heavy (non-hydrogen) atoms. The third-order valence-corrected chi connectivity index (χ3v) is 7.33. The van der Waals surface area contributed by atoms with E-state index in [2.05, 4.69) is 5.32 Å². The highest BCUT2D eigenvalue weighted by Crippen LogP contribution is 2.27. The number of nitrogens with two attached hydrogens (primary N) is 1. The maximum absolute atomic E-state index is 12.6. The van der Waals surface area contributed by atoms with Crippen molar-refractivity contribution in [1.29, 1.82) is 0 Å². The lowest BCUT2D eigenvalue weighted by molar-refractivity contribution is -0.150. The number of halogens is 1. The molecule has 2 aromatic carbocycles. The first kappa shape index (κ1) is 35.3. The molecule has 0 bridgehead atoms. The number of ether oxygens (including phenoxy) is 2. The van der Waals surface area contributed by atoms with Crippen molar-refractivity contribution in [2.75, 3.05) is 13.2 Å². The van der Waals surface area contributed by atoms with Crippen LogP contribution in [0.4, 0.5) is 0 Å². The van der Waals surface area contributed by atoms with E-state index in [1.54, 1.807) is 0 Å². The number of rotatable bonds is 7. The van der Waals surface area contributed by atoms with Gasteiger partial charge in [-0.15, -0.1) is 17.0 Å². The Morgan fingerprint density at radius 2 is 1.25 bits per heavy atom. The van der Waals surface area contributed by atoms with Gasteiger partial charge in [0.05, 0.1) is 25.0 Å². The van der Waals surface area contributed by atoms with Crippen LogP contribution in [0, 0.1) is 11.8 Å². The van der Waals surface area contributed by atoms with Gasteiger partial charge in [-0.2, -0.15) is 0 Å². The second-order valence-corrected chi connectivity index (χ2v) is 9.97. The second kappa shape index (κ2) is 18.6. The number of benzene rings is 2. The molecule has 0 saturated heterocycles. The first-order valence-corrected chi connectivity index (χ1v) is 14.0. The van der Waals surface area contributed by atoms with Gasteiger partial charge in [0.1, 0.15) is 0 Å². The summed E-state index contributed by atoms with van der Waals surface area (Å²) >= 11 is 0. The Bertz CT molecular complexity index is 1030. The molecular weight excluding hydrogens is 572 g/mol. The van der Waals surface area contributed by atoms with E-state index >= 15 is 0 Å². The number of carbonyl (C=O) groups is 3. The van der Waals surface area contributed by atoms with E-state index in [-0.39, 0.29) is 66.2 Å². The van der Waals surface area contributed by atoms with Gasteiger partial charge in [-0.25, -0.2) is 0 Å². The highest BCUT2D eigenvalue weighted by atomic mass is 79.9. The maximum Gasteiger partial charge on any atom is 0.311 e. The number of hydrogen-bond acceptors (Lipinski definition) is 6. The van der Waals surface area contributed by atoms with Crippen molar-refractivity contribution in [2.45, 2.75) is 84.7 Å². The minimum Gasteiger partial charge on any atom is -0.466 e. The van der Waals surface area contributed by atoms with E-state index in [4.69, 9.17) is 15.2 Å². The second-order valence-electron chi connectivity index (χ2n) is 9.97. The molecule has 2 aliphatic carbocycles. The number of carbonyl (C=O) groups excluding carboxylic acids is 3. The normalized spacial score (nSPS) is 21.7. The molecule has 3 N–H and O–H groups in total. The van der Waals surface area contributed by atoms with Crippen LogP contribution in [0.25, 0.3) is 11.1 Å². The number of hydrogen-bond donors (Lipinski definition) is 2. The highest BCUT2D eigenvalue weighted by molar-refractivity contribution is 8.93. The van der Waals surface area contributed by atoms with Crippen molar-refractivity contribution in [2.24, 2.45) is 17.6 Å². The van der Waals surface area contributed by atoms with Gasteiger partial charge in [-0.05, 0) is 62.8 Å². The van der Waals surface area contributed by atoms with Gasteiger partial charge in [0.2, 0.25) is 0 Å². The summed E-state index contributed by atoms with van der Waals surface area (Å²) in [4.78, 5) is 36.1. The molecule has 7 nitrogen and oxygen atoms in total. The Balaban J connectivity index is 0.000000486. The van der Waals surface area contributed by atoms with Gasteiger partial charge < -0.3 is 20.5 Å².